The predicted molar refractivity (Wildman–Crippen MR) is 118 cm³/mol. The summed E-state index contributed by atoms with van der Waals surface area (Å²) >= 11 is 0. The van der Waals surface area contributed by atoms with E-state index in [0.29, 0.717) is 13.0 Å². The van der Waals surface area contributed by atoms with E-state index in [2.05, 4.69) is 23.2 Å². The summed E-state index contributed by atoms with van der Waals surface area (Å²) in [6.07, 6.45) is 18.2. The average molecular weight is 397 g/mol. The van der Waals surface area contributed by atoms with Gasteiger partial charge in [0.2, 0.25) is 5.91 Å². The number of hydrogen-bond donors (Lipinski definition) is 2. The van der Waals surface area contributed by atoms with E-state index < -0.39 is 11.9 Å². The van der Waals surface area contributed by atoms with Crippen LogP contribution in [0.2, 0.25) is 0 Å². The van der Waals surface area contributed by atoms with Crippen molar-refractivity contribution in [1.29, 1.82) is 0 Å². The molecule has 0 heterocycles. The summed E-state index contributed by atoms with van der Waals surface area (Å²) in [4.78, 5) is 25.3. The summed E-state index contributed by atoms with van der Waals surface area (Å²) in [6.45, 7) is 3.75. The first-order valence-corrected chi connectivity index (χ1v) is 11.3. The lowest BCUT2D eigenvalue weighted by atomic mass is 10.0. The number of allylic oxidation sites excluding steroid dienone is 2. The van der Waals surface area contributed by atoms with Crippen LogP contribution in [0.3, 0.4) is 0 Å². The van der Waals surface area contributed by atoms with Crippen molar-refractivity contribution in [1.82, 2.24) is 10.2 Å². The summed E-state index contributed by atoms with van der Waals surface area (Å²) < 4.78 is 0. The minimum absolute atomic E-state index is 0.0552. The first-order valence-electron chi connectivity index (χ1n) is 11.3. The minimum atomic E-state index is -0.892. The van der Waals surface area contributed by atoms with E-state index in [1.807, 2.05) is 20.2 Å². The summed E-state index contributed by atoms with van der Waals surface area (Å²) in [5.41, 5.74) is 0. The number of carboxylic acid groups (broad SMARTS) is 1. The highest BCUT2D eigenvalue weighted by Crippen LogP contribution is 2.13. The van der Waals surface area contributed by atoms with E-state index in [1.165, 1.54) is 51.4 Å². The van der Waals surface area contributed by atoms with Crippen LogP contribution in [0.1, 0.15) is 90.4 Å². The zero-order chi connectivity index (χ0) is 21.0. The standard InChI is InChI=1S/C23H44N2O3/c1-4-5-6-7-8-9-10-11-12-13-14-15-17-21(23(27)28)20-22(26)24-18-16-19-25(2)3/h14-15,21H,4-13,16-20H2,1-3H3,(H,24,26)(H,27,28)/b15-14+. The van der Waals surface area contributed by atoms with E-state index in [1.54, 1.807) is 0 Å². The zero-order valence-electron chi connectivity index (χ0n) is 18.5. The van der Waals surface area contributed by atoms with Gasteiger partial charge in [0.1, 0.15) is 0 Å². The summed E-state index contributed by atoms with van der Waals surface area (Å²) in [5.74, 6) is -1.69. The smallest absolute Gasteiger partial charge is 0.307 e. The van der Waals surface area contributed by atoms with Crippen LogP contribution in [0, 0.1) is 5.92 Å². The van der Waals surface area contributed by atoms with Gasteiger partial charge in [-0.2, -0.15) is 0 Å². The molecule has 0 aromatic rings. The normalized spacial score (nSPS) is 12.6. The van der Waals surface area contributed by atoms with E-state index in [9.17, 15) is 14.7 Å². The van der Waals surface area contributed by atoms with Gasteiger partial charge in [-0.3, -0.25) is 9.59 Å². The van der Waals surface area contributed by atoms with E-state index >= 15 is 0 Å². The molecule has 1 atom stereocenters. The molecule has 5 nitrogen and oxygen atoms in total. The van der Waals surface area contributed by atoms with Gasteiger partial charge < -0.3 is 15.3 Å². The second-order valence-corrected chi connectivity index (χ2v) is 8.07. The van der Waals surface area contributed by atoms with Gasteiger partial charge in [-0.05, 0) is 46.3 Å². The van der Waals surface area contributed by atoms with Crippen LogP contribution >= 0.6 is 0 Å². The van der Waals surface area contributed by atoms with Crippen molar-refractivity contribution >= 4 is 11.9 Å². The van der Waals surface area contributed by atoms with Crippen LogP contribution in [-0.2, 0) is 9.59 Å². The first-order chi connectivity index (χ1) is 13.5. The maximum atomic E-state index is 11.9. The molecular weight excluding hydrogens is 352 g/mol. The molecule has 28 heavy (non-hydrogen) atoms. The third-order valence-electron chi connectivity index (χ3n) is 4.95. The molecule has 0 saturated carbocycles. The number of carbonyl (C=O) groups excluding carboxylic acids is 1. The fraction of sp³-hybridized carbons (Fsp3) is 0.826. The molecule has 0 spiro atoms. The summed E-state index contributed by atoms with van der Waals surface area (Å²) in [5, 5.41) is 12.1. The van der Waals surface area contributed by atoms with Crippen LogP contribution in [0.5, 0.6) is 0 Å². The Balaban J connectivity index is 3.76. The third-order valence-corrected chi connectivity index (χ3v) is 4.95. The van der Waals surface area contributed by atoms with Crippen molar-refractivity contribution in [2.75, 3.05) is 27.2 Å². The van der Waals surface area contributed by atoms with Gasteiger partial charge in [0.05, 0.1) is 5.92 Å². The number of carboxylic acids is 1. The predicted octanol–water partition coefficient (Wildman–Crippen LogP) is 5.01. The zero-order valence-corrected chi connectivity index (χ0v) is 18.5. The quantitative estimate of drug-likeness (QED) is 0.238. The number of rotatable bonds is 19. The second-order valence-electron chi connectivity index (χ2n) is 8.07. The molecule has 0 rings (SSSR count). The lowest BCUT2D eigenvalue weighted by molar-refractivity contribution is -0.143. The Bertz CT molecular complexity index is 422. The molecule has 5 heteroatoms. The van der Waals surface area contributed by atoms with Crippen LogP contribution in [0.25, 0.3) is 0 Å². The minimum Gasteiger partial charge on any atom is -0.481 e. The molecule has 0 radical (unpaired) electrons. The topological polar surface area (TPSA) is 69.6 Å². The average Bonchev–Trinajstić information content (AvgIpc) is 2.64. The Hall–Kier alpha value is -1.36. The maximum Gasteiger partial charge on any atom is 0.307 e. The number of hydrogen-bond acceptors (Lipinski definition) is 3. The Labute approximate surface area is 173 Å². The number of nitrogens with one attached hydrogen (secondary N) is 1. The molecule has 0 bridgehead atoms. The molecule has 164 valence electrons. The Morgan fingerprint density at radius 1 is 0.929 bits per heavy atom. The molecular formula is C23H44N2O3. The maximum absolute atomic E-state index is 11.9. The van der Waals surface area contributed by atoms with Crippen LogP contribution in [0.15, 0.2) is 12.2 Å². The highest BCUT2D eigenvalue weighted by atomic mass is 16.4. The summed E-state index contributed by atoms with van der Waals surface area (Å²) in [7, 11) is 3.98. The largest absolute Gasteiger partial charge is 0.481 e. The van der Waals surface area contributed by atoms with E-state index in [4.69, 9.17) is 0 Å². The lowest BCUT2D eigenvalue weighted by Crippen LogP contribution is -2.30. The molecule has 0 aliphatic heterocycles. The van der Waals surface area contributed by atoms with Gasteiger partial charge in [0.15, 0.2) is 0 Å². The molecule has 0 saturated heterocycles. The lowest BCUT2D eigenvalue weighted by Gasteiger charge is -2.12. The molecule has 0 aliphatic rings. The molecule has 2 N–H and O–H groups in total. The van der Waals surface area contributed by atoms with Crippen molar-refractivity contribution < 1.29 is 14.7 Å². The molecule has 0 aromatic carbocycles. The highest BCUT2D eigenvalue weighted by Gasteiger charge is 2.19. The fourth-order valence-corrected chi connectivity index (χ4v) is 3.14. The third kappa shape index (κ3) is 18.0. The van der Waals surface area contributed by atoms with Gasteiger partial charge in [-0.15, -0.1) is 0 Å². The number of carbonyl (C=O) groups is 2. The second kappa shape index (κ2) is 19.0. The van der Waals surface area contributed by atoms with Gasteiger partial charge in [0, 0.05) is 13.0 Å². The monoisotopic (exact) mass is 396 g/mol. The first kappa shape index (κ1) is 26.6. The fourth-order valence-electron chi connectivity index (χ4n) is 3.14. The van der Waals surface area contributed by atoms with Gasteiger partial charge >= 0.3 is 5.97 Å². The van der Waals surface area contributed by atoms with Crippen LogP contribution in [0.4, 0.5) is 0 Å². The van der Waals surface area contributed by atoms with Crippen LogP contribution in [-0.4, -0.2) is 49.1 Å². The summed E-state index contributed by atoms with van der Waals surface area (Å²) in [6, 6.07) is 0. The van der Waals surface area contributed by atoms with Crippen LogP contribution < -0.4 is 5.32 Å². The van der Waals surface area contributed by atoms with Gasteiger partial charge in [-0.1, -0.05) is 70.4 Å². The van der Waals surface area contributed by atoms with Crippen molar-refractivity contribution in [3.8, 4) is 0 Å². The van der Waals surface area contributed by atoms with Gasteiger partial charge in [-0.25, -0.2) is 0 Å². The molecule has 1 amide bonds. The van der Waals surface area contributed by atoms with Crippen molar-refractivity contribution in [2.45, 2.75) is 90.4 Å². The Kier molecular flexibility index (Phi) is 18.1. The number of nitrogens with zero attached hydrogens (tertiary/aromatic N) is 1. The SMILES string of the molecule is CCCCCCCCCCC/C=C/CC(CC(=O)NCCCN(C)C)C(=O)O. The Morgan fingerprint density at radius 3 is 2.11 bits per heavy atom. The Morgan fingerprint density at radius 2 is 1.54 bits per heavy atom. The van der Waals surface area contributed by atoms with Gasteiger partial charge in [0.25, 0.3) is 0 Å². The molecule has 0 aliphatic carbocycles. The molecule has 0 fully saturated rings. The molecule has 0 aromatic heterocycles. The number of amides is 1. The number of unbranched alkanes of at least 4 members (excludes halogenated alkanes) is 9. The van der Waals surface area contributed by atoms with Crippen molar-refractivity contribution in [3.05, 3.63) is 12.2 Å². The van der Waals surface area contributed by atoms with Crippen molar-refractivity contribution in [2.24, 2.45) is 5.92 Å². The number of aliphatic carboxylic acids is 1. The highest BCUT2D eigenvalue weighted by molar-refractivity contribution is 5.82. The van der Waals surface area contributed by atoms with E-state index in [0.717, 1.165) is 25.8 Å². The van der Waals surface area contributed by atoms with E-state index in [-0.39, 0.29) is 12.3 Å². The molecule has 1 unspecified atom stereocenters. The van der Waals surface area contributed by atoms with Crippen molar-refractivity contribution in [3.63, 3.8) is 0 Å².